The number of hydrogen-bond donors (Lipinski definition) is 0. The number of rotatable bonds is 6. The second-order valence-corrected chi connectivity index (χ2v) is 8.78. The van der Waals surface area contributed by atoms with E-state index in [2.05, 4.69) is 4.98 Å². The minimum absolute atomic E-state index is 0.0453. The van der Waals surface area contributed by atoms with E-state index in [1.807, 2.05) is 27.7 Å². The highest BCUT2D eigenvalue weighted by atomic mass is 35.5. The molecule has 1 aromatic heterocycles. The Balaban J connectivity index is 2.08. The Morgan fingerprint density at radius 3 is 2.47 bits per heavy atom. The molecule has 0 radical (unpaired) electrons. The molecule has 0 unspecified atom stereocenters. The van der Waals surface area contributed by atoms with Gasteiger partial charge in [-0.25, -0.2) is 9.37 Å². The predicted molar refractivity (Wildman–Crippen MR) is 120 cm³/mol. The minimum atomic E-state index is -0.573. The lowest BCUT2D eigenvalue weighted by Crippen LogP contribution is -2.43. The third-order valence-electron chi connectivity index (χ3n) is 4.63. The van der Waals surface area contributed by atoms with E-state index in [4.69, 9.17) is 11.6 Å². The van der Waals surface area contributed by atoms with Gasteiger partial charge in [-0.3, -0.25) is 14.2 Å². The van der Waals surface area contributed by atoms with Gasteiger partial charge < -0.3 is 4.90 Å². The maximum atomic E-state index is 13.7. The van der Waals surface area contributed by atoms with Crippen molar-refractivity contribution in [1.29, 1.82) is 0 Å². The maximum absolute atomic E-state index is 13.7. The highest BCUT2D eigenvalue weighted by Crippen LogP contribution is 2.25. The van der Waals surface area contributed by atoms with Gasteiger partial charge in [-0.15, -0.1) is 0 Å². The van der Waals surface area contributed by atoms with Crippen LogP contribution in [0.3, 0.4) is 0 Å². The van der Waals surface area contributed by atoms with E-state index in [0.29, 0.717) is 21.7 Å². The SMILES string of the molecule is CC(C)N(C(=O)CSc1nc2ccccc2c(=O)n1-c1ccc(F)c(Cl)c1)C(C)C. The molecule has 2 aromatic carbocycles. The quantitative estimate of drug-likeness (QED) is 0.397. The van der Waals surface area contributed by atoms with Crippen LogP contribution in [0.25, 0.3) is 16.6 Å². The summed E-state index contributed by atoms with van der Waals surface area (Å²) in [6.45, 7) is 7.86. The fourth-order valence-electron chi connectivity index (χ4n) is 3.43. The summed E-state index contributed by atoms with van der Waals surface area (Å²) in [5.74, 6) is -0.497. The van der Waals surface area contributed by atoms with E-state index in [0.717, 1.165) is 0 Å². The first-order valence-corrected chi connectivity index (χ1v) is 11.0. The van der Waals surface area contributed by atoms with Crippen molar-refractivity contribution in [1.82, 2.24) is 14.5 Å². The zero-order valence-corrected chi connectivity index (χ0v) is 18.8. The van der Waals surface area contributed by atoms with Crippen LogP contribution in [0.1, 0.15) is 27.7 Å². The molecule has 0 spiro atoms. The topological polar surface area (TPSA) is 55.2 Å². The van der Waals surface area contributed by atoms with E-state index < -0.39 is 5.82 Å². The Bertz CT molecular complexity index is 1140. The van der Waals surface area contributed by atoms with Crippen LogP contribution in [0.5, 0.6) is 0 Å². The summed E-state index contributed by atoms with van der Waals surface area (Å²) in [4.78, 5) is 32.4. The number of carbonyl (C=O) groups excluding carboxylic acids is 1. The molecule has 0 aliphatic heterocycles. The van der Waals surface area contributed by atoms with Crippen molar-refractivity contribution in [3.8, 4) is 5.69 Å². The molecule has 0 atom stereocenters. The Labute approximate surface area is 183 Å². The first kappa shape index (κ1) is 22.3. The van der Waals surface area contributed by atoms with Crippen molar-refractivity contribution in [3.05, 3.63) is 63.7 Å². The highest BCUT2D eigenvalue weighted by Gasteiger charge is 2.22. The summed E-state index contributed by atoms with van der Waals surface area (Å²) in [6, 6.07) is 11.2. The van der Waals surface area contributed by atoms with Crippen LogP contribution in [0.4, 0.5) is 4.39 Å². The van der Waals surface area contributed by atoms with Gasteiger partial charge in [0.15, 0.2) is 5.16 Å². The normalized spacial score (nSPS) is 11.5. The molecule has 1 amide bonds. The number of carbonyl (C=O) groups is 1. The first-order chi connectivity index (χ1) is 14.2. The molecule has 0 aliphatic carbocycles. The molecule has 0 bridgehead atoms. The van der Waals surface area contributed by atoms with Gasteiger partial charge in [-0.05, 0) is 58.0 Å². The predicted octanol–water partition coefficient (Wildman–Crippen LogP) is 4.92. The highest BCUT2D eigenvalue weighted by molar-refractivity contribution is 7.99. The van der Waals surface area contributed by atoms with Gasteiger partial charge in [0.25, 0.3) is 5.56 Å². The van der Waals surface area contributed by atoms with Gasteiger partial charge in [0.2, 0.25) is 5.91 Å². The molecule has 158 valence electrons. The van der Waals surface area contributed by atoms with Gasteiger partial charge >= 0.3 is 0 Å². The summed E-state index contributed by atoms with van der Waals surface area (Å²) in [7, 11) is 0. The number of halogens is 2. The number of amides is 1. The van der Waals surface area contributed by atoms with E-state index in [1.54, 1.807) is 29.2 Å². The largest absolute Gasteiger partial charge is 0.337 e. The van der Waals surface area contributed by atoms with Crippen LogP contribution < -0.4 is 5.56 Å². The third-order valence-corrected chi connectivity index (χ3v) is 5.84. The number of thioether (sulfide) groups is 1. The summed E-state index contributed by atoms with van der Waals surface area (Å²) in [5, 5.41) is 0.687. The van der Waals surface area contributed by atoms with Crippen LogP contribution in [-0.4, -0.2) is 38.2 Å². The Kier molecular flexibility index (Phi) is 6.83. The van der Waals surface area contributed by atoms with Crippen LogP contribution in [-0.2, 0) is 4.79 Å². The van der Waals surface area contributed by atoms with E-state index in [1.165, 1.54) is 34.5 Å². The molecule has 30 heavy (non-hydrogen) atoms. The molecule has 3 aromatic rings. The lowest BCUT2D eigenvalue weighted by atomic mass is 10.2. The number of fused-ring (bicyclic) bond motifs is 1. The van der Waals surface area contributed by atoms with Crippen molar-refractivity contribution < 1.29 is 9.18 Å². The Morgan fingerprint density at radius 1 is 1.17 bits per heavy atom. The molecule has 8 heteroatoms. The fraction of sp³-hybridized carbons (Fsp3) is 0.318. The third kappa shape index (κ3) is 4.52. The average molecular weight is 448 g/mol. The van der Waals surface area contributed by atoms with E-state index in [9.17, 15) is 14.0 Å². The lowest BCUT2D eigenvalue weighted by Gasteiger charge is -2.30. The summed E-state index contributed by atoms with van der Waals surface area (Å²) < 4.78 is 15.0. The van der Waals surface area contributed by atoms with Crippen molar-refractivity contribution in [2.45, 2.75) is 44.9 Å². The van der Waals surface area contributed by atoms with Crippen molar-refractivity contribution >= 4 is 40.2 Å². The lowest BCUT2D eigenvalue weighted by molar-refractivity contribution is -0.131. The number of nitrogens with zero attached hydrogens (tertiary/aromatic N) is 3. The number of para-hydroxylation sites is 1. The molecule has 0 N–H and O–H groups in total. The van der Waals surface area contributed by atoms with E-state index >= 15 is 0 Å². The standard InChI is InChI=1S/C22H23ClFN3O2S/c1-13(2)26(14(3)4)20(28)12-30-22-25-19-8-6-5-7-16(19)21(29)27(22)15-9-10-18(24)17(23)11-15/h5-11,13-14H,12H2,1-4H3. The second kappa shape index (κ2) is 9.18. The number of aromatic nitrogens is 2. The molecule has 0 saturated carbocycles. The van der Waals surface area contributed by atoms with Crippen molar-refractivity contribution in [2.75, 3.05) is 5.75 Å². The number of benzene rings is 2. The van der Waals surface area contributed by atoms with Gasteiger partial charge in [0.05, 0.1) is 27.4 Å². The average Bonchev–Trinajstić information content (AvgIpc) is 2.68. The minimum Gasteiger partial charge on any atom is -0.337 e. The summed E-state index contributed by atoms with van der Waals surface area (Å²) in [6.07, 6.45) is 0. The zero-order chi connectivity index (χ0) is 22.0. The molecule has 0 saturated heterocycles. The monoisotopic (exact) mass is 447 g/mol. The smallest absolute Gasteiger partial charge is 0.266 e. The Hall–Kier alpha value is -2.38. The van der Waals surface area contributed by atoms with Gasteiger partial charge in [-0.1, -0.05) is 35.5 Å². The van der Waals surface area contributed by atoms with Crippen molar-refractivity contribution in [2.24, 2.45) is 0 Å². The summed E-state index contributed by atoms with van der Waals surface area (Å²) >= 11 is 7.12. The van der Waals surface area contributed by atoms with Crippen LogP contribution in [0.15, 0.2) is 52.4 Å². The summed E-state index contributed by atoms with van der Waals surface area (Å²) in [5.41, 5.74) is 0.624. The first-order valence-electron chi connectivity index (χ1n) is 9.62. The molecular weight excluding hydrogens is 425 g/mol. The van der Waals surface area contributed by atoms with Crippen LogP contribution in [0.2, 0.25) is 5.02 Å². The zero-order valence-electron chi connectivity index (χ0n) is 17.2. The Morgan fingerprint density at radius 2 is 1.83 bits per heavy atom. The number of hydrogen-bond acceptors (Lipinski definition) is 4. The van der Waals surface area contributed by atoms with Gasteiger partial charge in [-0.2, -0.15) is 0 Å². The maximum Gasteiger partial charge on any atom is 0.266 e. The molecule has 5 nitrogen and oxygen atoms in total. The van der Waals surface area contributed by atoms with E-state index in [-0.39, 0.29) is 34.3 Å². The van der Waals surface area contributed by atoms with Gasteiger partial charge in [0.1, 0.15) is 5.82 Å². The fourth-order valence-corrected chi connectivity index (χ4v) is 4.49. The van der Waals surface area contributed by atoms with Crippen LogP contribution >= 0.6 is 23.4 Å². The molecule has 0 fully saturated rings. The second-order valence-electron chi connectivity index (χ2n) is 7.43. The van der Waals surface area contributed by atoms with Crippen molar-refractivity contribution in [3.63, 3.8) is 0 Å². The molecule has 1 heterocycles. The molecular formula is C22H23ClFN3O2S. The van der Waals surface area contributed by atoms with Gasteiger partial charge in [0, 0.05) is 12.1 Å². The molecule has 3 rings (SSSR count). The molecule has 0 aliphatic rings. The van der Waals surface area contributed by atoms with Crippen LogP contribution in [0, 0.1) is 5.82 Å².